The van der Waals surface area contributed by atoms with E-state index in [4.69, 9.17) is 5.26 Å². The van der Waals surface area contributed by atoms with Gasteiger partial charge in [-0.25, -0.2) is 15.0 Å². The van der Waals surface area contributed by atoms with E-state index in [9.17, 15) is 0 Å². The maximum atomic E-state index is 8.82. The summed E-state index contributed by atoms with van der Waals surface area (Å²) in [7, 11) is 3.51. The van der Waals surface area contributed by atoms with Crippen molar-refractivity contribution >= 4 is 17.5 Å². The van der Waals surface area contributed by atoms with Gasteiger partial charge in [0, 0.05) is 26.4 Å². The summed E-state index contributed by atoms with van der Waals surface area (Å²) in [4.78, 5) is 15.6. The average molecular weight is 240 g/mol. The molecule has 6 nitrogen and oxygen atoms in total. The minimum absolute atomic E-state index is 0.547. The molecule has 0 N–H and O–H groups in total. The van der Waals surface area contributed by atoms with Crippen LogP contribution in [0.3, 0.4) is 0 Å². The lowest BCUT2D eigenvalue weighted by Gasteiger charge is -2.18. The van der Waals surface area contributed by atoms with Gasteiger partial charge in [-0.05, 0) is 12.1 Å². The second kappa shape index (κ2) is 5.10. The highest BCUT2D eigenvalue weighted by atomic mass is 15.2. The summed E-state index contributed by atoms with van der Waals surface area (Å²) >= 11 is 0. The zero-order valence-electron chi connectivity index (χ0n) is 10.1. The predicted octanol–water partition coefficient (Wildman–Crippen LogP) is 1.56. The van der Waals surface area contributed by atoms with Crippen LogP contribution >= 0.6 is 0 Å². The maximum absolute atomic E-state index is 8.82. The second-order valence-corrected chi connectivity index (χ2v) is 3.64. The monoisotopic (exact) mass is 240 g/mol. The minimum atomic E-state index is 0.547. The Kier molecular flexibility index (Phi) is 3.34. The quantitative estimate of drug-likeness (QED) is 0.599. The number of anilines is 3. The summed E-state index contributed by atoms with van der Waals surface area (Å²) in [5.74, 6) is 2.01. The van der Waals surface area contributed by atoms with Gasteiger partial charge in [0.1, 0.15) is 23.8 Å². The van der Waals surface area contributed by atoms with E-state index in [0.717, 1.165) is 5.82 Å². The van der Waals surface area contributed by atoms with Crippen molar-refractivity contribution in [2.24, 2.45) is 0 Å². The summed E-state index contributed by atoms with van der Waals surface area (Å²) in [6.07, 6.45) is 5.14. The molecule has 0 fully saturated rings. The third-order valence-corrected chi connectivity index (χ3v) is 2.47. The van der Waals surface area contributed by atoms with Gasteiger partial charge in [0.2, 0.25) is 0 Å². The van der Waals surface area contributed by atoms with E-state index in [2.05, 4.69) is 15.0 Å². The molecule has 0 spiro atoms. The SMILES string of the molecule is CN(C#N)c1cc(N(C)c2ccccn2)ncn1. The van der Waals surface area contributed by atoms with E-state index in [1.165, 1.54) is 11.2 Å². The fourth-order valence-electron chi connectivity index (χ4n) is 1.42. The molecule has 0 aliphatic carbocycles. The van der Waals surface area contributed by atoms with Crippen LogP contribution in [0.4, 0.5) is 17.5 Å². The molecule has 0 aromatic carbocycles. The molecule has 0 unspecified atom stereocenters. The first-order valence-electron chi connectivity index (χ1n) is 5.32. The van der Waals surface area contributed by atoms with Gasteiger partial charge in [0.15, 0.2) is 6.19 Å². The van der Waals surface area contributed by atoms with Crippen LogP contribution in [0.15, 0.2) is 36.8 Å². The Bertz CT molecular complexity index is 562. The number of hydrogen-bond donors (Lipinski definition) is 0. The zero-order valence-corrected chi connectivity index (χ0v) is 10.1. The van der Waals surface area contributed by atoms with Gasteiger partial charge in [0.05, 0.1) is 0 Å². The Balaban J connectivity index is 2.32. The fourth-order valence-corrected chi connectivity index (χ4v) is 1.42. The molecule has 6 heteroatoms. The molecule has 0 radical (unpaired) electrons. The first-order chi connectivity index (χ1) is 8.72. The molecule has 0 saturated carbocycles. The van der Waals surface area contributed by atoms with Gasteiger partial charge in [-0.2, -0.15) is 5.26 Å². The Morgan fingerprint density at radius 1 is 1.06 bits per heavy atom. The van der Waals surface area contributed by atoms with Crippen molar-refractivity contribution in [3.05, 3.63) is 36.8 Å². The summed E-state index contributed by atoms with van der Waals surface area (Å²) in [6.45, 7) is 0. The minimum Gasteiger partial charge on any atom is -0.314 e. The molecule has 2 rings (SSSR count). The molecular weight excluding hydrogens is 228 g/mol. The molecule has 0 aliphatic rings. The van der Waals surface area contributed by atoms with Crippen LogP contribution < -0.4 is 9.80 Å². The smallest absolute Gasteiger partial charge is 0.185 e. The lowest BCUT2D eigenvalue weighted by atomic mass is 10.4. The van der Waals surface area contributed by atoms with Gasteiger partial charge < -0.3 is 4.90 Å². The van der Waals surface area contributed by atoms with Crippen LogP contribution in [-0.2, 0) is 0 Å². The highest BCUT2D eigenvalue weighted by Gasteiger charge is 2.09. The van der Waals surface area contributed by atoms with Gasteiger partial charge in [0.25, 0.3) is 0 Å². The maximum Gasteiger partial charge on any atom is 0.185 e. The molecule has 2 aromatic rings. The van der Waals surface area contributed by atoms with Crippen LogP contribution in [0.5, 0.6) is 0 Å². The van der Waals surface area contributed by atoms with Crippen LogP contribution in [0.2, 0.25) is 0 Å². The van der Waals surface area contributed by atoms with Crippen molar-refractivity contribution < 1.29 is 0 Å². The molecule has 2 heterocycles. The highest BCUT2D eigenvalue weighted by molar-refractivity contribution is 5.59. The summed E-state index contributed by atoms with van der Waals surface area (Å²) in [6, 6.07) is 7.38. The molecule has 0 bridgehead atoms. The largest absolute Gasteiger partial charge is 0.314 e. The van der Waals surface area contributed by atoms with Crippen LogP contribution in [0, 0.1) is 11.5 Å². The van der Waals surface area contributed by atoms with Crippen LogP contribution in [0.1, 0.15) is 0 Å². The highest BCUT2D eigenvalue weighted by Crippen LogP contribution is 2.21. The van der Waals surface area contributed by atoms with E-state index < -0.39 is 0 Å². The van der Waals surface area contributed by atoms with Crippen molar-refractivity contribution in [1.82, 2.24) is 15.0 Å². The van der Waals surface area contributed by atoms with E-state index in [1.54, 1.807) is 19.3 Å². The van der Waals surface area contributed by atoms with Crippen LogP contribution in [-0.4, -0.2) is 29.0 Å². The molecule has 0 atom stereocenters. The molecule has 2 aromatic heterocycles. The van der Waals surface area contributed by atoms with E-state index in [0.29, 0.717) is 11.6 Å². The normalized spacial score (nSPS) is 9.61. The van der Waals surface area contributed by atoms with Gasteiger partial charge in [-0.15, -0.1) is 0 Å². The van der Waals surface area contributed by atoms with Crippen molar-refractivity contribution in [3.8, 4) is 6.19 Å². The number of nitriles is 1. The standard InChI is InChI=1S/C12H12N6/c1-17(8-13)11-7-12(16-9-15-11)18(2)10-5-3-4-6-14-10/h3-7,9H,1-2H3. The first kappa shape index (κ1) is 11.8. The Labute approximate surface area is 105 Å². The number of pyridine rings is 1. The van der Waals surface area contributed by atoms with E-state index in [-0.39, 0.29) is 0 Å². The second-order valence-electron chi connectivity index (χ2n) is 3.64. The summed E-state index contributed by atoms with van der Waals surface area (Å²) in [5.41, 5.74) is 0. The van der Waals surface area contributed by atoms with Gasteiger partial charge >= 0.3 is 0 Å². The van der Waals surface area contributed by atoms with Crippen LogP contribution in [0.25, 0.3) is 0 Å². The molecule has 0 aliphatic heterocycles. The Hall–Kier alpha value is -2.68. The van der Waals surface area contributed by atoms with E-state index in [1.807, 2.05) is 36.3 Å². The first-order valence-corrected chi connectivity index (χ1v) is 5.32. The van der Waals surface area contributed by atoms with Gasteiger partial charge in [-0.3, -0.25) is 4.90 Å². The predicted molar refractivity (Wildman–Crippen MR) is 68.3 cm³/mol. The molecule has 18 heavy (non-hydrogen) atoms. The van der Waals surface area contributed by atoms with E-state index >= 15 is 0 Å². The Morgan fingerprint density at radius 2 is 1.83 bits per heavy atom. The third kappa shape index (κ3) is 2.35. The number of hydrogen-bond acceptors (Lipinski definition) is 6. The molecular formula is C12H12N6. The van der Waals surface area contributed by atoms with Gasteiger partial charge in [-0.1, -0.05) is 6.07 Å². The zero-order chi connectivity index (χ0) is 13.0. The molecule has 90 valence electrons. The number of rotatable bonds is 3. The average Bonchev–Trinajstić information content (AvgIpc) is 2.46. The lowest BCUT2D eigenvalue weighted by Crippen LogP contribution is -2.15. The van der Waals surface area contributed by atoms with Crippen molar-refractivity contribution in [2.45, 2.75) is 0 Å². The van der Waals surface area contributed by atoms with Crippen molar-refractivity contribution in [3.63, 3.8) is 0 Å². The topological polar surface area (TPSA) is 68.9 Å². The lowest BCUT2D eigenvalue weighted by molar-refractivity contribution is 1.03. The van der Waals surface area contributed by atoms with Crippen molar-refractivity contribution in [1.29, 1.82) is 5.26 Å². The van der Waals surface area contributed by atoms with Crippen molar-refractivity contribution in [2.75, 3.05) is 23.9 Å². The fraction of sp³-hybridized carbons (Fsp3) is 0.167. The molecule has 0 amide bonds. The number of aromatic nitrogens is 3. The number of nitrogens with zero attached hydrogens (tertiary/aromatic N) is 6. The third-order valence-electron chi connectivity index (χ3n) is 2.47. The Morgan fingerprint density at radius 3 is 2.50 bits per heavy atom. The molecule has 0 saturated heterocycles. The summed E-state index contributed by atoms with van der Waals surface area (Å²) in [5, 5.41) is 8.82. The summed E-state index contributed by atoms with van der Waals surface area (Å²) < 4.78 is 0.